The summed E-state index contributed by atoms with van der Waals surface area (Å²) in [6.45, 7) is 0. The van der Waals surface area contributed by atoms with Gasteiger partial charge in [0.05, 0.1) is 10.6 Å². The predicted molar refractivity (Wildman–Crippen MR) is 49.8 cm³/mol. The van der Waals surface area contributed by atoms with Crippen molar-refractivity contribution in [3.8, 4) is 5.82 Å². The molecule has 0 atom stereocenters. The van der Waals surface area contributed by atoms with Crippen LogP contribution in [0.2, 0.25) is 5.02 Å². The second kappa shape index (κ2) is 3.84. The van der Waals surface area contributed by atoms with E-state index in [0.717, 1.165) is 0 Å². The Kier molecular flexibility index (Phi) is 2.62. The van der Waals surface area contributed by atoms with Gasteiger partial charge in [-0.2, -0.15) is 13.2 Å². The first-order valence-electron chi connectivity index (χ1n) is 4.13. The van der Waals surface area contributed by atoms with Gasteiger partial charge < -0.3 is 0 Å². The molecule has 0 aliphatic heterocycles. The third-order valence-electron chi connectivity index (χ3n) is 1.82. The zero-order valence-electron chi connectivity index (χ0n) is 7.86. The molecule has 0 spiro atoms. The SMILES string of the molecule is O=c1[nH]nnn1-c1ncc(C(F)(F)F)cc1Cl. The molecule has 0 bridgehead atoms. The van der Waals surface area contributed by atoms with Crippen molar-refractivity contribution in [2.24, 2.45) is 0 Å². The second-order valence-corrected chi connectivity index (χ2v) is 3.35. The number of hydrogen-bond acceptors (Lipinski definition) is 4. The average Bonchev–Trinajstić information content (AvgIpc) is 2.63. The van der Waals surface area contributed by atoms with Gasteiger partial charge in [0, 0.05) is 6.20 Å². The maximum atomic E-state index is 12.3. The lowest BCUT2D eigenvalue weighted by Gasteiger charge is -2.07. The number of alkyl halides is 3. The van der Waals surface area contributed by atoms with Crippen LogP contribution in [0, 0.1) is 0 Å². The molecule has 17 heavy (non-hydrogen) atoms. The van der Waals surface area contributed by atoms with Gasteiger partial charge in [-0.1, -0.05) is 11.6 Å². The summed E-state index contributed by atoms with van der Waals surface area (Å²) in [5.74, 6) is -0.224. The molecule has 0 amide bonds. The first kappa shape index (κ1) is 11.6. The van der Waals surface area contributed by atoms with Crippen LogP contribution in [0.1, 0.15) is 5.56 Å². The minimum atomic E-state index is -4.55. The van der Waals surface area contributed by atoms with Crippen molar-refractivity contribution in [3.05, 3.63) is 33.3 Å². The van der Waals surface area contributed by atoms with Crippen LogP contribution in [0.4, 0.5) is 13.2 Å². The van der Waals surface area contributed by atoms with Crippen LogP contribution >= 0.6 is 11.6 Å². The molecular formula is C7H3ClF3N5O. The number of aromatic nitrogens is 5. The van der Waals surface area contributed by atoms with E-state index >= 15 is 0 Å². The summed E-state index contributed by atoms with van der Waals surface area (Å²) < 4.78 is 37.6. The van der Waals surface area contributed by atoms with E-state index in [1.165, 1.54) is 0 Å². The molecular weight excluding hydrogens is 263 g/mol. The van der Waals surface area contributed by atoms with E-state index < -0.39 is 17.4 Å². The lowest BCUT2D eigenvalue weighted by atomic mass is 10.3. The summed E-state index contributed by atoms with van der Waals surface area (Å²) >= 11 is 5.59. The number of tetrazole rings is 1. The molecule has 0 saturated carbocycles. The van der Waals surface area contributed by atoms with Gasteiger partial charge in [-0.25, -0.2) is 14.9 Å². The quantitative estimate of drug-likeness (QED) is 0.835. The lowest BCUT2D eigenvalue weighted by Crippen LogP contribution is -2.18. The highest BCUT2D eigenvalue weighted by molar-refractivity contribution is 6.32. The zero-order valence-corrected chi connectivity index (χ0v) is 8.62. The fourth-order valence-corrected chi connectivity index (χ4v) is 1.32. The van der Waals surface area contributed by atoms with Crippen LogP contribution in [0.5, 0.6) is 0 Å². The van der Waals surface area contributed by atoms with Gasteiger partial charge in [-0.3, -0.25) is 0 Å². The molecule has 2 aromatic rings. The number of aromatic amines is 1. The normalized spacial score (nSPS) is 11.8. The number of rotatable bonds is 1. The molecule has 0 aromatic carbocycles. The van der Waals surface area contributed by atoms with Gasteiger partial charge in [-0.15, -0.1) is 4.68 Å². The predicted octanol–water partition coefficient (Wildman–Crippen LogP) is 1.02. The van der Waals surface area contributed by atoms with Gasteiger partial charge in [0.15, 0.2) is 5.82 Å². The Morgan fingerprint density at radius 2 is 2.12 bits per heavy atom. The highest BCUT2D eigenvalue weighted by atomic mass is 35.5. The summed E-state index contributed by atoms with van der Waals surface area (Å²) in [7, 11) is 0. The van der Waals surface area contributed by atoms with E-state index in [1.807, 2.05) is 5.10 Å². The maximum Gasteiger partial charge on any atom is 0.417 e. The third-order valence-corrected chi connectivity index (χ3v) is 2.10. The summed E-state index contributed by atoms with van der Waals surface area (Å²) in [5, 5.41) is 8.09. The molecule has 6 nitrogen and oxygen atoms in total. The number of pyridine rings is 1. The topological polar surface area (TPSA) is 76.5 Å². The molecule has 0 saturated heterocycles. The average molecular weight is 266 g/mol. The van der Waals surface area contributed by atoms with Crippen molar-refractivity contribution in [1.29, 1.82) is 0 Å². The molecule has 0 fully saturated rings. The van der Waals surface area contributed by atoms with E-state index in [0.29, 0.717) is 16.9 Å². The van der Waals surface area contributed by atoms with Crippen LogP contribution < -0.4 is 5.69 Å². The van der Waals surface area contributed by atoms with E-state index in [9.17, 15) is 18.0 Å². The van der Waals surface area contributed by atoms with E-state index in [2.05, 4.69) is 15.4 Å². The van der Waals surface area contributed by atoms with Crippen molar-refractivity contribution in [3.63, 3.8) is 0 Å². The minimum Gasteiger partial charge on any atom is -0.244 e. The Hall–Kier alpha value is -1.90. The first-order valence-corrected chi connectivity index (χ1v) is 4.51. The van der Waals surface area contributed by atoms with Crippen molar-refractivity contribution >= 4 is 11.6 Å². The smallest absolute Gasteiger partial charge is 0.244 e. The summed E-state index contributed by atoms with van der Waals surface area (Å²) in [6, 6.07) is 0.658. The van der Waals surface area contributed by atoms with E-state index in [-0.39, 0.29) is 10.8 Å². The number of H-pyrrole nitrogens is 1. The van der Waals surface area contributed by atoms with Crippen molar-refractivity contribution in [2.75, 3.05) is 0 Å². The number of hydrogen-bond donors (Lipinski definition) is 1. The molecule has 10 heteroatoms. The Morgan fingerprint density at radius 1 is 1.41 bits per heavy atom. The Labute approximate surface area is 96.0 Å². The number of nitrogens with one attached hydrogen (secondary N) is 1. The second-order valence-electron chi connectivity index (χ2n) is 2.95. The first-order chi connectivity index (χ1) is 7.89. The number of halogens is 4. The lowest BCUT2D eigenvalue weighted by molar-refractivity contribution is -0.137. The molecule has 0 aliphatic carbocycles. The third kappa shape index (κ3) is 2.13. The molecule has 1 N–H and O–H groups in total. The Balaban J connectivity index is 2.54. The summed E-state index contributed by atoms with van der Waals surface area (Å²) in [6.07, 6.45) is -3.99. The molecule has 0 unspecified atom stereocenters. The molecule has 2 rings (SSSR count). The van der Waals surface area contributed by atoms with Crippen molar-refractivity contribution < 1.29 is 13.2 Å². The molecule has 90 valence electrons. The van der Waals surface area contributed by atoms with E-state index in [4.69, 9.17) is 11.6 Å². The number of nitrogens with zero attached hydrogens (tertiary/aromatic N) is 4. The van der Waals surface area contributed by atoms with Crippen molar-refractivity contribution in [1.82, 2.24) is 25.2 Å². The molecule has 2 heterocycles. The summed E-state index contributed by atoms with van der Waals surface area (Å²) in [5.41, 5.74) is -1.76. The van der Waals surface area contributed by atoms with Crippen LogP contribution in [0.25, 0.3) is 5.82 Å². The standard InChI is InChI=1S/C7H3ClF3N5O/c8-4-1-3(7(9,10)11)2-12-5(4)16-6(17)13-14-15-16/h1-2H,(H,13,15,17). The zero-order chi connectivity index (χ0) is 12.6. The van der Waals surface area contributed by atoms with Gasteiger partial charge in [0.1, 0.15) is 0 Å². The van der Waals surface area contributed by atoms with Gasteiger partial charge in [0.2, 0.25) is 0 Å². The van der Waals surface area contributed by atoms with Crippen LogP contribution in [-0.2, 0) is 6.18 Å². The largest absolute Gasteiger partial charge is 0.417 e. The molecule has 0 aliphatic rings. The van der Waals surface area contributed by atoms with Crippen LogP contribution in [0.15, 0.2) is 17.1 Å². The van der Waals surface area contributed by atoms with Gasteiger partial charge in [0.25, 0.3) is 0 Å². The Morgan fingerprint density at radius 3 is 2.59 bits per heavy atom. The Bertz CT molecular complexity index is 604. The highest BCUT2D eigenvalue weighted by Crippen LogP contribution is 2.31. The van der Waals surface area contributed by atoms with Gasteiger partial charge in [-0.05, 0) is 16.5 Å². The van der Waals surface area contributed by atoms with Gasteiger partial charge >= 0.3 is 11.9 Å². The molecule has 2 aromatic heterocycles. The van der Waals surface area contributed by atoms with Crippen LogP contribution in [0.3, 0.4) is 0 Å². The van der Waals surface area contributed by atoms with E-state index in [1.54, 1.807) is 0 Å². The summed E-state index contributed by atoms with van der Waals surface area (Å²) in [4.78, 5) is 14.6. The fraction of sp³-hybridized carbons (Fsp3) is 0.143. The maximum absolute atomic E-state index is 12.3. The monoisotopic (exact) mass is 265 g/mol. The van der Waals surface area contributed by atoms with Crippen LogP contribution in [-0.4, -0.2) is 25.2 Å². The van der Waals surface area contributed by atoms with Crippen molar-refractivity contribution in [2.45, 2.75) is 6.18 Å². The fourth-order valence-electron chi connectivity index (χ4n) is 1.08. The minimum absolute atomic E-state index is 0.224. The molecule has 0 radical (unpaired) electrons. The highest BCUT2D eigenvalue weighted by Gasteiger charge is 2.31.